The number of nitrogens with one attached hydrogen (secondary N) is 1. The van der Waals surface area contributed by atoms with Crippen molar-refractivity contribution in [1.29, 1.82) is 0 Å². The van der Waals surface area contributed by atoms with E-state index in [1.807, 2.05) is 0 Å². The Morgan fingerprint density at radius 3 is 2.54 bits per heavy atom. The lowest BCUT2D eigenvalue weighted by molar-refractivity contribution is 0.325. The third-order valence-electron chi connectivity index (χ3n) is 3.11. The lowest BCUT2D eigenvalue weighted by atomic mass is 10.0. The largest absolute Gasteiger partial charge is 0.335 e. The maximum atomic E-state index is 5.29. The molecule has 0 saturated heterocycles. The molecule has 0 radical (unpaired) electrons. The fraction of sp³-hybridized carbons (Fsp3) is 0.700. The highest BCUT2D eigenvalue weighted by Crippen LogP contribution is 2.36. The Kier molecular flexibility index (Phi) is 2.06. The molecule has 0 aromatic carbocycles. The standard InChI is InChI=1S/C10H16N2S/c1-8-7-12(9(13)11-8)10(2)5-3-4-6-10/h7H,3-6H2,1-2H3,(H,11,13). The van der Waals surface area contributed by atoms with Crippen molar-refractivity contribution in [2.75, 3.05) is 0 Å². The lowest BCUT2D eigenvalue weighted by Crippen LogP contribution is -2.25. The van der Waals surface area contributed by atoms with E-state index in [-0.39, 0.29) is 5.54 Å². The smallest absolute Gasteiger partial charge is 0.177 e. The van der Waals surface area contributed by atoms with Crippen LogP contribution < -0.4 is 0 Å². The first kappa shape index (κ1) is 9.00. The molecule has 13 heavy (non-hydrogen) atoms. The van der Waals surface area contributed by atoms with Crippen molar-refractivity contribution in [1.82, 2.24) is 9.55 Å². The topological polar surface area (TPSA) is 20.7 Å². The molecule has 3 heteroatoms. The third kappa shape index (κ3) is 1.46. The van der Waals surface area contributed by atoms with E-state index in [1.165, 1.54) is 25.7 Å². The second-order valence-corrected chi connectivity index (χ2v) is 4.70. The molecule has 1 heterocycles. The fourth-order valence-corrected chi connectivity index (χ4v) is 2.73. The molecule has 1 aliphatic rings. The minimum atomic E-state index is 0.280. The van der Waals surface area contributed by atoms with E-state index in [1.54, 1.807) is 0 Å². The molecule has 2 rings (SSSR count). The number of hydrogen-bond acceptors (Lipinski definition) is 1. The van der Waals surface area contributed by atoms with E-state index in [2.05, 4.69) is 29.6 Å². The van der Waals surface area contributed by atoms with E-state index in [9.17, 15) is 0 Å². The van der Waals surface area contributed by atoms with E-state index < -0.39 is 0 Å². The quantitative estimate of drug-likeness (QED) is 0.684. The summed E-state index contributed by atoms with van der Waals surface area (Å²) in [5.41, 5.74) is 1.44. The molecule has 2 nitrogen and oxygen atoms in total. The Morgan fingerprint density at radius 1 is 1.46 bits per heavy atom. The average molecular weight is 196 g/mol. The average Bonchev–Trinajstić information content (AvgIpc) is 2.59. The van der Waals surface area contributed by atoms with E-state index >= 15 is 0 Å². The zero-order valence-corrected chi connectivity index (χ0v) is 9.08. The molecule has 1 aliphatic carbocycles. The molecule has 0 bridgehead atoms. The maximum Gasteiger partial charge on any atom is 0.177 e. The van der Waals surface area contributed by atoms with Crippen LogP contribution in [0.25, 0.3) is 0 Å². The first-order valence-electron chi connectivity index (χ1n) is 4.91. The molecule has 1 aromatic rings. The molecule has 0 unspecified atom stereocenters. The van der Waals surface area contributed by atoms with Gasteiger partial charge >= 0.3 is 0 Å². The summed E-state index contributed by atoms with van der Waals surface area (Å²) in [6.07, 6.45) is 7.34. The molecule has 1 aromatic heterocycles. The zero-order chi connectivity index (χ0) is 9.47. The van der Waals surface area contributed by atoms with Crippen molar-refractivity contribution in [3.8, 4) is 0 Å². The molecule has 1 fully saturated rings. The molecule has 0 atom stereocenters. The Morgan fingerprint density at radius 2 is 2.08 bits per heavy atom. The highest BCUT2D eigenvalue weighted by atomic mass is 32.1. The van der Waals surface area contributed by atoms with E-state index in [4.69, 9.17) is 12.2 Å². The highest BCUT2D eigenvalue weighted by molar-refractivity contribution is 7.71. The van der Waals surface area contributed by atoms with Gasteiger partial charge in [0.05, 0.1) is 0 Å². The molecule has 1 N–H and O–H groups in total. The van der Waals surface area contributed by atoms with Crippen molar-refractivity contribution < 1.29 is 0 Å². The summed E-state index contributed by atoms with van der Waals surface area (Å²) in [6, 6.07) is 0. The number of hydrogen-bond donors (Lipinski definition) is 1. The number of nitrogens with zero attached hydrogens (tertiary/aromatic N) is 1. The van der Waals surface area contributed by atoms with Crippen LogP contribution in [0.3, 0.4) is 0 Å². The Hall–Kier alpha value is -0.570. The SMILES string of the molecule is Cc1cn(C2(C)CCCC2)c(=S)[nH]1. The van der Waals surface area contributed by atoms with Gasteiger partial charge < -0.3 is 9.55 Å². The van der Waals surface area contributed by atoms with Crippen molar-refractivity contribution in [2.24, 2.45) is 0 Å². The summed E-state index contributed by atoms with van der Waals surface area (Å²) in [4.78, 5) is 3.19. The van der Waals surface area contributed by atoms with Crippen LogP contribution in [0.4, 0.5) is 0 Å². The van der Waals surface area contributed by atoms with Crippen molar-refractivity contribution >= 4 is 12.2 Å². The zero-order valence-electron chi connectivity index (χ0n) is 8.26. The van der Waals surface area contributed by atoms with Gasteiger partial charge in [-0.15, -0.1) is 0 Å². The predicted octanol–water partition coefficient (Wildman–Crippen LogP) is 3.14. The van der Waals surface area contributed by atoms with Crippen LogP contribution in [-0.2, 0) is 5.54 Å². The Labute approximate surface area is 84.0 Å². The number of aromatic nitrogens is 2. The van der Waals surface area contributed by atoms with Gasteiger partial charge in [0.25, 0.3) is 0 Å². The molecule has 0 amide bonds. The van der Waals surface area contributed by atoms with Gasteiger partial charge in [-0.25, -0.2) is 0 Å². The predicted molar refractivity (Wildman–Crippen MR) is 56.5 cm³/mol. The van der Waals surface area contributed by atoms with Gasteiger partial charge in [-0.2, -0.15) is 0 Å². The summed E-state index contributed by atoms with van der Waals surface area (Å²) in [5.74, 6) is 0. The van der Waals surface area contributed by atoms with Crippen LogP contribution in [0.2, 0.25) is 0 Å². The second-order valence-electron chi connectivity index (χ2n) is 4.32. The number of aromatic amines is 1. The summed E-state index contributed by atoms with van der Waals surface area (Å²) >= 11 is 5.29. The fourth-order valence-electron chi connectivity index (χ4n) is 2.29. The molecule has 0 aliphatic heterocycles. The monoisotopic (exact) mass is 196 g/mol. The first-order chi connectivity index (χ1) is 6.12. The first-order valence-corrected chi connectivity index (χ1v) is 5.31. The summed E-state index contributed by atoms with van der Waals surface area (Å²) in [6.45, 7) is 4.37. The van der Waals surface area contributed by atoms with Crippen molar-refractivity contribution in [3.63, 3.8) is 0 Å². The van der Waals surface area contributed by atoms with Gasteiger partial charge in [0.2, 0.25) is 0 Å². The van der Waals surface area contributed by atoms with Gasteiger partial charge in [0, 0.05) is 17.4 Å². The van der Waals surface area contributed by atoms with Gasteiger partial charge in [-0.1, -0.05) is 12.8 Å². The number of rotatable bonds is 1. The third-order valence-corrected chi connectivity index (χ3v) is 3.41. The number of H-pyrrole nitrogens is 1. The van der Waals surface area contributed by atoms with Crippen LogP contribution in [-0.4, -0.2) is 9.55 Å². The van der Waals surface area contributed by atoms with Gasteiger partial charge in [-0.3, -0.25) is 0 Å². The van der Waals surface area contributed by atoms with Crippen LogP contribution >= 0.6 is 12.2 Å². The van der Waals surface area contributed by atoms with Gasteiger partial charge in [0.15, 0.2) is 4.77 Å². The van der Waals surface area contributed by atoms with Crippen LogP contribution in [0.1, 0.15) is 38.3 Å². The van der Waals surface area contributed by atoms with Crippen molar-refractivity contribution in [3.05, 3.63) is 16.7 Å². The van der Waals surface area contributed by atoms with Crippen LogP contribution in [0.5, 0.6) is 0 Å². The number of imidazole rings is 1. The van der Waals surface area contributed by atoms with Gasteiger partial charge in [0.1, 0.15) is 0 Å². The summed E-state index contributed by atoms with van der Waals surface area (Å²) in [7, 11) is 0. The minimum absolute atomic E-state index is 0.280. The summed E-state index contributed by atoms with van der Waals surface area (Å²) in [5, 5.41) is 0. The molecule has 72 valence electrons. The van der Waals surface area contributed by atoms with E-state index in [0.29, 0.717) is 0 Å². The van der Waals surface area contributed by atoms with Crippen LogP contribution in [0, 0.1) is 11.7 Å². The minimum Gasteiger partial charge on any atom is -0.335 e. The lowest BCUT2D eigenvalue weighted by Gasteiger charge is -2.25. The molecule has 1 saturated carbocycles. The highest BCUT2D eigenvalue weighted by Gasteiger charge is 2.30. The van der Waals surface area contributed by atoms with E-state index in [0.717, 1.165) is 10.5 Å². The Bertz CT molecular complexity index is 355. The normalized spacial score (nSPS) is 20.8. The summed E-state index contributed by atoms with van der Waals surface area (Å²) < 4.78 is 3.12. The molecular weight excluding hydrogens is 180 g/mol. The second kappa shape index (κ2) is 2.98. The maximum absolute atomic E-state index is 5.29. The Balaban J connectivity index is 2.44. The molecule has 0 spiro atoms. The van der Waals surface area contributed by atoms with Crippen LogP contribution in [0.15, 0.2) is 6.20 Å². The van der Waals surface area contributed by atoms with Crippen molar-refractivity contribution in [2.45, 2.75) is 45.1 Å². The number of aryl methyl sites for hydroxylation is 1. The molecular formula is C10H16N2S. The van der Waals surface area contributed by atoms with Gasteiger partial charge in [-0.05, 0) is 38.9 Å².